The summed E-state index contributed by atoms with van der Waals surface area (Å²) in [5, 5.41) is 10.1. The number of carbonyl (C=O) groups is 1. The number of nitrogens with zero attached hydrogens (tertiary/aromatic N) is 2. The minimum atomic E-state index is -3.33. The van der Waals surface area contributed by atoms with Crippen LogP contribution in [0.5, 0.6) is 5.75 Å². The summed E-state index contributed by atoms with van der Waals surface area (Å²) in [6.07, 6.45) is 7.26. The van der Waals surface area contributed by atoms with Crippen molar-refractivity contribution in [1.82, 2.24) is 4.90 Å². The third kappa shape index (κ3) is 4.42. The number of furan rings is 1. The van der Waals surface area contributed by atoms with Crippen LogP contribution in [0, 0.1) is 5.82 Å². The molecule has 2 aromatic carbocycles. The zero-order valence-electron chi connectivity index (χ0n) is 18.6. The zero-order valence-corrected chi connectivity index (χ0v) is 19.5. The van der Waals surface area contributed by atoms with Crippen LogP contribution in [-0.2, 0) is 17.5 Å². The number of rotatable bonds is 7. The first-order chi connectivity index (χ1) is 16.9. The number of anilines is 2. The van der Waals surface area contributed by atoms with Gasteiger partial charge in [-0.1, -0.05) is 12.2 Å². The second-order valence-electron chi connectivity index (χ2n) is 8.35. The van der Waals surface area contributed by atoms with Crippen molar-refractivity contribution in [3.8, 4) is 16.9 Å². The molecule has 0 aliphatic carbocycles. The van der Waals surface area contributed by atoms with Gasteiger partial charge >= 0.3 is 5.97 Å². The summed E-state index contributed by atoms with van der Waals surface area (Å²) in [5.74, 6) is -1.27. The molecule has 0 atom stereocenters. The molecule has 1 N–H and O–H groups in total. The molecule has 2 aliphatic rings. The van der Waals surface area contributed by atoms with E-state index in [1.807, 2.05) is 6.08 Å². The van der Waals surface area contributed by atoms with Gasteiger partial charge in [0.15, 0.2) is 0 Å². The molecular weight excluding hydrogens is 475 g/mol. The van der Waals surface area contributed by atoms with E-state index in [2.05, 4.69) is 4.90 Å². The Morgan fingerprint density at radius 1 is 1.11 bits per heavy atom. The first kappa shape index (κ1) is 23.1. The second kappa shape index (κ2) is 9.55. The number of likely N-dealkylation sites (tertiary alicyclic amines) is 1. The fourth-order valence-electron chi connectivity index (χ4n) is 4.60. The molecular formula is C25H23FN2O6S. The van der Waals surface area contributed by atoms with E-state index >= 15 is 0 Å². The van der Waals surface area contributed by atoms with Crippen LogP contribution in [0.4, 0.5) is 15.8 Å². The minimum Gasteiger partial charge on any atom is -0.484 e. The summed E-state index contributed by atoms with van der Waals surface area (Å²) < 4.78 is 51.1. The highest BCUT2D eigenvalue weighted by Gasteiger charge is 2.31. The van der Waals surface area contributed by atoms with E-state index in [0.29, 0.717) is 29.0 Å². The van der Waals surface area contributed by atoms with Gasteiger partial charge in [-0.25, -0.2) is 21.9 Å². The Labute approximate surface area is 202 Å². The summed E-state index contributed by atoms with van der Waals surface area (Å²) in [7, 11) is -3.33. The summed E-state index contributed by atoms with van der Waals surface area (Å²) in [4.78, 5) is 14.6. The van der Waals surface area contributed by atoms with Crippen LogP contribution >= 0.6 is 0 Å². The van der Waals surface area contributed by atoms with E-state index in [9.17, 15) is 22.7 Å². The molecule has 0 bridgehead atoms. The molecule has 0 unspecified atom stereocenters. The zero-order chi connectivity index (χ0) is 24.5. The highest BCUT2D eigenvalue weighted by Crippen LogP contribution is 2.45. The van der Waals surface area contributed by atoms with Crippen molar-refractivity contribution >= 4 is 34.3 Å². The Kier molecular flexibility index (Phi) is 6.31. The van der Waals surface area contributed by atoms with E-state index in [4.69, 9.17) is 9.15 Å². The number of halogens is 1. The number of aromatic carboxylic acids is 1. The number of thiol groups is 1. The Balaban J connectivity index is 1.61. The predicted octanol–water partition coefficient (Wildman–Crippen LogP) is 4.45. The SMILES string of the molecule is O=C(O)c1c(N(c2ccc(F)cc2C=CCN2CCCC2)[SH](=O)=O)ccc2c1OCc1occc1-2. The molecule has 3 heterocycles. The molecule has 0 amide bonds. The number of hydrogen-bond donors (Lipinski definition) is 2. The van der Waals surface area contributed by atoms with Crippen LogP contribution in [0.25, 0.3) is 17.2 Å². The highest BCUT2D eigenvalue weighted by atomic mass is 32.2. The molecule has 1 fully saturated rings. The first-order valence-electron chi connectivity index (χ1n) is 11.2. The molecule has 0 spiro atoms. The maximum Gasteiger partial charge on any atom is 0.341 e. The molecule has 0 radical (unpaired) electrons. The fraction of sp³-hybridized carbons (Fsp3) is 0.240. The molecule has 0 saturated carbocycles. The van der Waals surface area contributed by atoms with Crippen LogP contribution in [0.15, 0.2) is 53.2 Å². The minimum absolute atomic E-state index is 0.0175. The third-order valence-corrected chi connectivity index (χ3v) is 6.96. The Morgan fingerprint density at radius 3 is 2.63 bits per heavy atom. The van der Waals surface area contributed by atoms with Gasteiger partial charge in [-0.15, -0.1) is 0 Å². The van der Waals surface area contributed by atoms with E-state index in [0.717, 1.165) is 36.3 Å². The monoisotopic (exact) mass is 498 g/mol. The van der Waals surface area contributed by atoms with Crippen molar-refractivity contribution in [3.05, 3.63) is 71.4 Å². The molecule has 8 nitrogen and oxygen atoms in total. The number of benzene rings is 2. The maximum absolute atomic E-state index is 14.1. The number of fused-ring (bicyclic) bond motifs is 3. The van der Waals surface area contributed by atoms with E-state index in [-0.39, 0.29) is 29.3 Å². The van der Waals surface area contributed by atoms with Gasteiger partial charge in [-0.3, -0.25) is 4.90 Å². The van der Waals surface area contributed by atoms with Crippen molar-refractivity contribution in [3.63, 3.8) is 0 Å². The van der Waals surface area contributed by atoms with Gasteiger partial charge in [0.2, 0.25) is 10.9 Å². The van der Waals surface area contributed by atoms with Gasteiger partial charge in [0, 0.05) is 23.2 Å². The van der Waals surface area contributed by atoms with Gasteiger partial charge in [0.1, 0.15) is 29.5 Å². The Morgan fingerprint density at radius 2 is 1.89 bits per heavy atom. The molecule has 182 valence electrons. The summed E-state index contributed by atoms with van der Waals surface area (Å²) >= 11 is 0. The Hall–Kier alpha value is -3.63. The molecule has 2 aliphatic heterocycles. The first-order valence-corrected chi connectivity index (χ1v) is 12.3. The topological polar surface area (TPSA) is 100 Å². The Bertz CT molecular complexity index is 1380. The smallest absolute Gasteiger partial charge is 0.341 e. The van der Waals surface area contributed by atoms with Crippen LogP contribution < -0.4 is 9.04 Å². The summed E-state index contributed by atoms with van der Waals surface area (Å²) in [6.45, 7) is 2.63. The highest BCUT2D eigenvalue weighted by molar-refractivity contribution is 7.74. The lowest BCUT2D eigenvalue weighted by atomic mass is 9.98. The molecule has 1 aromatic heterocycles. The van der Waals surface area contributed by atoms with Crippen molar-refractivity contribution in [2.45, 2.75) is 19.4 Å². The van der Waals surface area contributed by atoms with Crippen LogP contribution in [0.2, 0.25) is 0 Å². The van der Waals surface area contributed by atoms with Gasteiger partial charge in [0.05, 0.1) is 17.6 Å². The number of carboxylic acids is 1. The molecule has 5 rings (SSSR count). The second-order valence-corrected chi connectivity index (χ2v) is 9.23. The van der Waals surface area contributed by atoms with Crippen molar-refractivity contribution < 1.29 is 31.9 Å². The number of carboxylic acid groups (broad SMARTS) is 1. The van der Waals surface area contributed by atoms with Gasteiger partial charge in [0.25, 0.3) is 0 Å². The van der Waals surface area contributed by atoms with Crippen LogP contribution in [-0.4, -0.2) is 44.0 Å². The van der Waals surface area contributed by atoms with Gasteiger partial charge in [-0.2, -0.15) is 0 Å². The quantitative estimate of drug-likeness (QED) is 0.464. The van der Waals surface area contributed by atoms with Crippen molar-refractivity contribution in [2.24, 2.45) is 0 Å². The lowest BCUT2D eigenvalue weighted by molar-refractivity contribution is 0.0692. The average Bonchev–Trinajstić information content (AvgIpc) is 3.52. The van der Waals surface area contributed by atoms with Crippen molar-refractivity contribution in [2.75, 3.05) is 23.9 Å². The molecule has 3 aromatic rings. The van der Waals surface area contributed by atoms with Crippen LogP contribution in [0.1, 0.15) is 34.5 Å². The largest absolute Gasteiger partial charge is 0.484 e. The molecule has 1 saturated heterocycles. The summed E-state index contributed by atoms with van der Waals surface area (Å²) in [6, 6.07) is 8.43. The van der Waals surface area contributed by atoms with E-state index in [1.165, 1.54) is 24.5 Å². The van der Waals surface area contributed by atoms with Crippen molar-refractivity contribution in [1.29, 1.82) is 0 Å². The normalized spacial score (nSPS) is 15.3. The fourth-order valence-corrected chi connectivity index (χ4v) is 5.30. The molecule has 35 heavy (non-hydrogen) atoms. The maximum atomic E-state index is 14.1. The molecule has 10 heteroatoms. The van der Waals surface area contributed by atoms with E-state index < -0.39 is 22.7 Å². The lowest BCUT2D eigenvalue weighted by Gasteiger charge is -2.26. The van der Waals surface area contributed by atoms with Crippen LogP contribution in [0.3, 0.4) is 0 Å². The lowest BCUT2D eigenvalue weighted by Crippen LogP contribution is -2.21. The van der Waals surface area contributed by atoms with E-state index in [1.54, 1.807) is 18.2 Å². The summed E-state index contributed by atoms with van der Waals surface area (Å²) in [5.41, 5.74) is 1.24. The third-order valence-electron chi connectivity index (χ3n) is 6.20. The average molecular weight is 499 g/mol. The predicted molar refractivity (Wildman–Crippen MR) is 129 cm³/mol. The number of hydrogen-bond acceptors (Lipinski definition) is 6. The van der Waals surface area contributed by atoms with Gasteiger partial charge < -0.3 is 14.3 Å². The van der Waals surface area contributed by atoms with Gasteiger partial charge in [-0.05, 0) is 62.3 Å². The number of ether oxygens (including phenoxy) is 1. The standard InChI is InChI=1S/C25H23FN2O6S/c26-17-5-7-20(16(14-17)4-3-12-27-10-1-2-11-27)28(35(31)32)21-8-6-19-18-9-13-33-22(18)15-34-24(19)23(21)25(29)30/h3-9,13-14,35H,1-2,10-12,15H2,(H,29,30).